The van der Waals surface area contributed by atoms with Gasteiger partial charge in [0.25, 0.3) is 0 Å². The Morgan fingerprint density at radius 3 is 1.33 bits per heavy atom. The Kier molecular flexibility index (Phi) is 21.6. The van der Waals surface area contributed by atoms with Crippen molar-refractivity contribution in [3.05, 3.63) is 223 Å². The summed E-state index contributed by atoms with van der Waals surface area (Å²) in [6, 6.07) is 42.0. The highest BCUT2D eigenvalue weighted by Crippen LogP contribution is 2.35. The molecule has 66 heavy (non-hydrogen) atoms. The lowest BCUT2D eigenvalue weighted by Gasteiger charge is -2.24. The Morgan fingerprint density at radius 1 is 0.591 bits per heavy atom. The van der Waals surface area contributed by atoms with Gasteiger partial charge in [0.1, 0.15) is 0 Å². The summed E-state index contributed by atoms with van der Waals surface area (Å²) < 4.78 is 0. The van der Waals surface area contributed by atoms with Gasteiger partial charge in [0.05, 0.1) is 60.3 Å². The third kappa shape index (κ3) is 14.8. The van der Waals surface area contributed by atoms with E-state index in [4.69, 9.17) is 42.1 Å². The Balaban J connectivity index is 0.000000295. The van der Waals surface area contributed by atoms with Crippen LogP contribution >= 0.6 is 23.2 Å². The van der Waals surface area contributed by atoms with E-state index in [0.717, 1.165) is 5.56 Å². The minimum atomic E-state index is -1.12. The number of rotatable bonds is 15. The van der Waals surface area contributed by atoms with Crippen molar-refractivity contribution < 1.29 is 34.5 Å². The summed E-state index contributed by atoms with van der Waals surface area (Å²) in [6.45, 7) is 17.7. The third-order valence-electron chi connectivity index (χ3n) is 10.6. The van der Waals surface area contributed by atoms with Gasteiger partial charge in [-0.25, -0.2) is 9.69 Å². The second kappa shape index (κ2) is 26.7. The van der Waals surface area contributed by atoms with Crippen molar-refractivity contribution in [1.29, 1.82) is 0 Å². The Bertz CT molecular complexity index is 2640. The molecule has 1 amide bonds. The predicted octanol–water partition coefficient (Wildman–Crippen LogP) is 10.7. The van der Waals surface area contributed by atoms with Crippen molar-refractivity contribution in [1.82, 2.24) is 5.32 Å². The van der Waals surface area contributed by atoms with Crippen molar-refractivity contribution in [2.75, 3.05) is 13.1 Å². The first kappa shape index (κ1) is 53.4. The van der Waals surface area contributed by atoms with E-state index in [2.05, 4.69) is 15.0 Å². The summed E-state index contributed by atoms with van der Waals surface area (Å²) >= 11 is 12.4. The summed E-state index contributed by atoms with van der Waals surface area (Å²) in [5, 5.41) is 34.3. The Morgan fingerprint density at radius 2 is 0.955 bits per heavy atom. The monoisotopic (exact) mass is 926 g/mol. The molecule has 0 saturated carbocycles. The molecule has 0 aliphatic rings. The number of amides is 1. The van der Waals surface area contributed by atoms with E-state index in [0.29, 0.717) is 60.4 Å². The standard InChI is InChI=1S/C26H23ClN2O3.C18H16ClNO3.C8H9NO.CH4/c1-17-20(13-14-22(28-2)24(17)27)15-21(25(31)19-11-7-4-8-12-19)26(32)29-16-23(30)18-9-5-3-6-10-18;1-11-13(8-9-15(20-2)16(11)19)10-14(18(22)23)17(21)12-6-4-3-5-7-12;9-6-8(10)7-4-2-1-3-5-7;/h3-14,21,25,31H,15-16H2,1H3,(H,29,32);3-9,14,17,21H,10H2,1H3,(H,22,23);1-5H,6,9H2;1H4. The maximum absolute atomic E-state index is 13.1. The van der Waals surface area contributed by atoms with Crippen LogP contribution in [0.25, 0.3) is 9.69 Å². The number of carboxylic acid groups (broad SMARTS) is 1. The fraction of sp³-hybridized carbons (Fsp3) is 0.208. The third-order valence-corrected chi connectivity index (χ3v) is 11.5. The molecular formula is C53H52Cl2N4O7. The first-order valence-corrected chi connectivity index (χ1v) is 21.1. The van der Waals surface area contributed by atoms with E-state index in [1.807, 2.05) is 30.3 Å². The maximum Gasteiger partial charge on any atom is 0.309 e. The fourth-order valence-electron chi connectivity index (χ4n) is 6.72. The van der Waals surface area contributed by atoms with Gasteiger partial charge in [-0.15, -0.1) is 0 Å². The van der Waals surface area contributed by atoms with Gasteiger partial charge in [-0.2, -0.15) is 0 Å². The molecule has 11 nitrogen and oxygen atoms in total. The number of aliphatic hydroxyl groups is 2. The first-order valence-electron chi connectivity index (χ1n) is 20.4. The zero-order chi connectivity index (χ0) is 47.5. The molecule has 0 saturated heterocycles. The van der Waals surface area contributed by atoms with E-state index in [9.17, 15) is 34.5 Å². The molecule has 6 N–H and O–H groups in total. The molecule has 0 spiro atoms. The molecule has 0 heterocycles. The molecule has 4 unspecified atom stereocenters. The van der Waals surface area contributed by atoms with Crippen LogP contribution in [0.3, 0.4) is 0 Å². The van der Waals surface area contributed by atoms with E-state index >= 15 is 0 Å². The number of nitrogens with two attached hydrogens (primary N) is 1. The van der Waals surface area contributed by atoms with Crippen LogP contribution in [0.4, 0.5) is 11.4 Å². The molecular weight excluding hydrogens is 876 g/mol. The number of Topliss-reactive ketones (excluding diaryl/α,β-unsaturated/α-hetero) is 2. The molecule has 0 fully saturated rings. The number of halogens is 2. The number of nitrogens with one attached hydrogen (secondary N) is 1. The number of hydrogen-bond donors (Lipinski definition) is 5. The molecule has 6 aromatic rings. The lowest BCUT2D eigenvalue weighted by molar-refractivity contribution is -0.145. The van der Waals surface area contributed by atoms with Crippen LogP contribution in [0.5, 0.6) is 0 Å². The quantitative estimate of drug-likeness (QED) is 0.0499. The summed E-state index contributed by atoms with van der Waals surface area (Å²) in [4.78, 5) is 54.7. The van der Waals surface area contributed by atoms with Crippen LogP contribution in [-0.2, 0) is 22.4 Å². The molecule has 0 radical (unpaired) electrons. The Labute approximate surface area is 396 Å². The van der Waals surface area contributed by atoms with Crippen LogP contribution < -0.4 is 11.1 Å². The zero-order valence-electron chi connectivity index (χ0n) is 35.7. The topological polar surface area (TPSA) is 176 Å². The highest BCUT2D eigenvalue weighted by Gasteiger charge is 2.31. The normalized spacial score (nSPS) is 12.0. The minimum absolute atomic E-state index is 0. The van der Waals surface area contributed by atoms with Gasteiger partial charge in [-0.3, -0.25) is 19.2 Å². The number of carbonyl (C=O) groups excluding carboxylic acids is 3. The summed E-state index contributed by atoms with van der Waals surface area (Å²) in [5.74, 6) is -3.59. The number of nitrogens with zero attached hydrogens (tertiary/aromatic N) is 2. The van der Waals surface area contributed by atoms with Crippen molar-refractivity contribution >= 4 is 58.0 Å². The van der Waals surface area contributed by atoms with Crippen LogP contribution in [0.2, 0.25) is 10.0 Å². The first-order chi connectivity index (χ1) is 31.2. The molecule has 6 rings (SSSR count). The summed E-state index contributed by atoms with van der Waals surface area (Å²) in [7, 11) is 0. The van der Waals surface area contributed by atoms with E-state index < -0.39 is 35.9 Å². The van der Waals surface area contributed by atoms with Gasteiger partial charge in [-0.05, 0) is 60.1 Å². The number of aliphatic carboxylic acids is 1. The molecule has 0 bridgehead atoms. The van der Waals surface area contributed by atoms with Gasteiger partial charge in [0.2, 0.25) is 17.3 Å². The van der Waals surface area contributed by atoms with Gasteiger partial charge < -0.3 is 26.4 Å². The van der Waals surface area contributed by atoms with Crippen molar-refractivity contribution in [3.8, 4) is 0 Å². The van der Waals surface area contributed by atoms with E-state index in [1.165, 1.54) is 0 Å². The van der Waals surface area contributed by atoms with Crippen molar-refractivity contribution in [2.24, 2.45) is 17.6 Å². The lowest BCUT2D eigenvalue weighted by Crippen LogP contribution is -2.38. The van der Waals surface area contributed by atoms with Gasteiger partial charge in [0.15, 0.2) is 11.6 Å². The molecule has 0 aliphatic heterocycles. The van der Waals surface area contributed by atoms with Crippen LogP contribution in [0.15, 0.2) is 146 Å². The van der Waals surface area contributed by atoms with Crippen LogP contribution in [0.1, 0.15) is 73.7 Å². The summed E-state index contributed by atoms with van der Waals surface area (Å²) in [6.07, 6.45) is -1.87. The molecule has 13 heteroatoms. The van der Waals surface area contributed by atoms with Gasteiger partial charge >= 0.3 is 5.97 Å². The van der Waals surface area contributed by atoms with E-state index in [-0.39, 0.29) is 44.9 Å². The van der Waals surface area contributed by atoms with Crippen LogP contribution in [0, 0.1) is 38.8 Å². The zero-order valence-corrected chi connectivity index (χ0v) is 37.2. The molecule has 6 aromatic carbocycles. The SMILES string of the molecule is C.NCC(=O)c1ccccc1.[C-]#[N+]c1ccc(CC(C(=O)NCC(=O)c2ccccc2)C(O)c2ccccc2)c(C)c1Cl.[C-]#[N+]c1ccc(CC(C(=O)O)C(O)c2ccccc2)c(C)c1Cl. The number of ketones is 2. The Hall–Kier alpha value is -6.96. The average molecular weight is 928 g/mol. The summed E-state index contributed by atoms with van der Waals surface area (Å²) in [5.41, 5.74) is 11.0. The number of carbonyl (C=O) groups is 4. The van der Waals surface area contributed by atoms with E-state index in [1.54, 1.807) is 129 Å². The molecule has 340 valence electrons. The number of carboxylic acids is 1. The maximum atomic E-state index is 13.1. The minimum Gasteiger partial charge on any atom is -0.481 e. The molecule has 4 atom stereocenters. The number of aliphatic hydroxyl groups excluding tert-OH is 2. The average Bonchev–Trinajstić information content (AvgIpc) is 3.34. The molecule has 0 aliphatic carbocycles. The van der Waals surface area contributed by atoms with Crippen molar-refractivity contribution in [3.63, 3.8) is 0 Å². The second-order valence-electron chi connectivity index (χ2n) is 14.8. The highest BCUT2D eigenvalue weighted by atomic mass is 35.5. The van der Waals surface area contributed by atoms with Gasteiger partial charge in [0, 0.05) is 11.1 Å². The van der Waals surface area contributed by atoms with Crippen LogP contribution in [-0.4, -0.2) is 51.9 Å². The second-order valence-corrected chi connectivity index (χ2v) is 15.5. The van der Waals surface area contributed by atoms with Crippen molar-refractivity contribution in [2.45, 2.75) is 46.3 Å². The van der Waals surface area contributed by atoms with Gasteiger partial charge in [-0.1, -0.05) is 176 Å². The number of benzene rings is 6. The fourth-order valence-corrected chi connectivity index (χ4v) is 7.18. The highest BCUT2D eigenvalue weighted by molar-refractivity contribution is 6.34. The smallest absolute Gasteiger partial charge is 0.309 e. The lowest BCUT2D eigenvalue weighted by atomic mass is 9.87. The largest absolute Gasteiger partial charge is 0.481 e. The predicted molar refractivity (Wildman–Crippen MR) is 260 cm³/mol. The molecule has 0 aromatic heterocycles. The number of hydrogen-bond acceptors (Lipinski definition) is 7.